The molecule has 0 aliphatic rings. The van der Waals surface area contributed by atoms with Crippen LogP contribution >= 0.6 is 0 Å². The van der Waals surface area contributed by atoms with E-state index in [-0.39, 0.29) is 0 Å². The minimum Gasteiger partial charge on any atom is -0.208 e. The Bertz CT molecular complexity index is 3690. The van der Waals surface area contributed by atoms with Gasteiger partial charge in [0.1, 0.15) is 0 Å². The molecule has 0 aliphatic carbocycles. The Kier molecular flexibility index (Phi) is 9.16. The highest BCUT2D eigenvalue weighted by Gasteiger charge is 2.19. The van der Waals surface area contributed by atoms with E-state index in [0.29, 0.717) is 17.5 Å². The lowest BCUT2D eigenvalue weighted by molar-refractivity contribution is 1.08. The number of fused-ring (bicyclic) bond motifs is 5. The van der Waals surface area contributed by atoms with Gasteiger partial charge in [-0.25, -0.2) is 15.0 Å². The van der Waals surface area contributed by atoms with Gasteiger partial charge < -0.3 is 0 Å². The molecular formula is C61H39N3. The molecule has 64 heavy (non-hydrogen) atoms. The van der Waals surface area contributed by atoms with Crippen LogP contribution in [-0.2, 0) is 0 Å². The molecule has 0 saturated heterocycles. The summed E-state index contributed by atoms with van der Waals surface area (Å²) in [5, 5.41) is 9.84. The molecule has 0 amide bonds. The van der Waals surface area contributed by atoms with E-state index in [1.807, 2.05) is 30.3 Å². The van der Waals surface area contributed by atoms with Crippen molar-refractivity contribution < 1.29 is 0 Å². The highest BCUT2D eigenvalue weighted by Crippen LogP contribution is 2.41. The quantitative estimate of drug-likeness (QED) is 0.119. The van der Waals surface area contributed by atoms with Crippen molar-refractivity contribution in [3.8, 4) is 78.7 Å². The second-order valence-corrected chi connectivity index (χ2v) is 16.3. The van der Waals surface area contributed by atoms with Crippen LogP contribution in [0.15, 0.2) is 237 Å². The van der Waals surface area contributed by atoms with Gasteiger partial charge in [-0.05, 0) is 99.7 Å². The van der Waals surface area contributed by atoms with E-state index in [4.69, 9.17) is 15.0 Å². The van der Waals surface area contributed by atoms with Gasteiger partial charge in [-0.15, -0.1) is 0 Å². The van der Waals surface area contributed by atoms with Crippen LogP contribution in [0, 0.1) is 0 Å². The summed E-state index contributed by atoms with van der Waals surface area (Å²) < 4.78 is 0. The summed E-state index contributed by atoms with van der Waals surface area (Å²) in [4.78, 5) is 15.5. The summed E-state index contributed by atoms with van der Waals surface area (Å²) in [5.41, 5.74) is 12.2. The third-order valence-electron chi connectivity index (χ3n) is 12.6. The van der Waals surface area contributed by atoms with Crippen molar-refractivity contribution in [1.29, 1.82) is 0 Å². The zero-order valence-corrected chi connectivity index (χ0v) is 34.9. The molecule has 0 radical (unpaired) electrons. The Labute approximate surface area is 371 Å². The van der Waals surface area contributed by atoms with Crippen molar-refractivity contribution in [2.75, 3.05) is 0 Å². The number of benzene rings is 11. The van der Waals surface area contributed by atoms with E-state index in [1.54, 1.807) is 0 Å². The summed E-state index contributed by atoms with van der Waals surface area (Å²) in [6, 6.07) is 84.3. The second-order valence-electron chi connectivity index (χ2n) is 16.3. The summed E-state index contributed by atoms with van der Waals surface area (Å²) in [5.74, 6) is 1.91. The molecule has 0 atom stereocenters. The van der Waals surface area contributed by atoms with E-state index in [1.165, 1.54) is 54.6 Å². The number of hydrogen-bond acceptors (Lipinski definition) is 3. The van der Waals surface area contributed by atoms with E-state index in [0.717, 1.165) is 49.7 Å². The van der Waals surface area contributed by atoms with E-state index in [2.05, 4.69) is 206 Å². The largest absolute Gasteiger partial charge is 0.208 e. The first-order valence-corrected chi connectivity index (χ1v) is 21.8. The van der Waals surface area contributed by atoms with Gasteiger partial charge in [0.05, 0.1) is 0 Å². The van der Waals surface area contributed by atoms with Crippen LogP contribution in [0.25, 0.3) is 122 Å². The summed E-state index contributed by atoms with van der Waals surface area (Å²) in [7, 11) is 0. The molecule has 11 aromatic carbocycles. The fourth-order valence-electron chi connectivity index (χ4n) is 9.43. The molecule has 1 aromatic heterocycles. The molecule has 0 saturated carbocycles. The number of rotatable bonds is 7. The van der Waals surface area contributed by atoms with Crippen molar-refractivity contribution in [1.82, 2.24) is 15.0 Å². The van der Waals surface area contributed by atoms with Gasteiger partial charge in [-0.3, -0.25) is 0 Å². The van der Waals surface area contributed by atoms with Crippen LogP contribution in [0.2, 0.25) is 0 Å². The fraction of sp³-hybridized carbons (Fsp3) is 0. The summed E-state index contributed by atoms with van der Waals surface area (Å²) in [6.45, 7) is 0. The third kappa shape index (κ3) is 6.59. The normalized spacial score (nSPS) is 11.4. The molecule has 12 rings (SSSR count). The molecule has 0 N–H and O–H groups in total. The Morgan fingerprint density at radius 3 is 1.38 bits per heavy atom. The zero-order chi connectivity index (χ0) is 42.4. The lowest BCUT2D eigenvalue weighted by Gasteiger charge is -2.15. The van der Waals surface area contributed by atoms with Gasteiger partial charge in [-0.1, -0.05) is 224 Å². The Balaban J connectivity index is 0.911. The van der Waals surface area contributed by atoms with Crippen LogP contribution in [0.4, 0.5) is 0 Å². The Hall–Kier alpha value is -8.53. The van der Waals surface area contributed by atoms with E-state index >= 15 is 0 Å². The summed E-state index contributed by atoms with van der Waals surface area (Å²) in [6.07, 6.45) is 0. The minimum atomic E-state index is 0.637. The predicted octanol–water partition coefficient (Wildman–Crippen LogP) is 16.2. The predicted molar refractivity (Wildman–Crippen MR) is 268 cm³/mol. The standard InChI is InChI=1S/C61H39N3/c1-3-15-42(16-4-1)48-21-11-14-26-55(48)60-62-59(46-18-5-2-6-19-46)63-61(64-60)56-38-37-50(52-24-12-13-25-53(52)56)44-31-27-40(28-32-44)41-29-33-45(34-30-41)58-51-23-10-8-20-47(51)39-57-49-22-9-7-17-43(49)35-36-54(57)58/h1-39H. The maximum atomic E-state index is 5.23. The number of nitrogens with zero attached hydrogens (tertiary/aromatic N) is 3. The monoisotopic (exact) mass is 813 g/mol. The maximum absolute atomic E-state index is 5.23. The molecule has 298 valence electrons. The highest BCUT2D eigenvalue weighted by atomic mass is 15.0. The van der Waals surface area contributed by atoms with Gasteiger partial charge >= 0.3 is 0 Å². The molecule has 12 aromatic rings. The van der Waals surface area contributed by atoms with Crippen LogP contribution in [0.5, 0.6) is 0 Å². The molecule has 0 unspecified atom stereocenters. The fourth-order valence-corrected chi connectivity index (χ4v) is 9.43. The molecule has 0 spiro atoms. The first-order valence-electron chi connectivity index (χ1n) is 21.8. The first-order chi connectivity index (χ1) is 31.7. The van der Waals surface area contributed by atoms with Gasteiger partial charge in [0, 0.05) is 16.7 Å². The van der Waals surface area contributed by atoms with E-state index in [9.17, 15) is 0 Å². The Morgan fingerprint density at radius 1 is 0.203 bits per heavy atom. The molecule has 3 heteroatoms. The topological polar surface area (TPSA) is 38.7 Å². The number of hydrogen-bond donors (Lipinski definition) is 0. The van der Waals surface area contributed by atoms with Gasteiger partial charge in [0.15, 0.2) is 17.5 Å². The van der Waals surface area contributed by atoms with E-state index < -0.39 is 0 Å². The zero-order valence-electron chi connectivity index (χ0n) is 34.9. The van der Waals surface area contributed by atoms with Crippen molar-refractivity contribution in [2.24, 2.45) is 0 Å². The average Bonchev–Trinajstić information content (AvgIpc) is 3.38. The summed E-state index contributed by atoms with van der Waals surface area (Å²) >= 11 is 0. The van der Waals surface area contributed by atoms with Crippen LogP contribution in [0.3, 0.4) is 0 Å². The van der Waals surface area contributed by atoms with Crippen molar-refractivity contribution >= 4 is 43.1 Å². The third-order valence-corrected chi connectivity index (χ3v) is 12.6. The molecule has 1 heterocycles. The lowest BCUT2D eigenvalue weighted by atomic mass is 9.89. The van der Waals surface area contributed by atoms with Gasteiger partial charge in [0.25, 0.3) is 0 Å². The molecule has 3 nitrogen and oxygen atoms in total. The lowest BCUT2D eigenvalue weighted by Crippen LogP contribution is -2.01. The smallest absolute Gasteiger partial charge is 0.164 e. The molecular weight excluding hydrogens is 775 g/mol. The van der Waals surface area contributed by atoms with Crippen LogP contribution in [0.1, 0.15) is 0 Å². The van der Waals surface area contributed by atoms with Crippen molar-refractivity contribution in [2.45, 2.75) is 0 Å². The maximum Gasteiger partial charge on any atom is 0.164 e. The minimum absolute atomic E-state index is 0.637. The second kappa shape index (κ2) is 15.7. The molecule has 0 bridgehead atoms. The first kappa shape index (κ1) is 37.2. The molecule has 0 fully saturated rings. The van der Waals surface area contributed by atoms with Crippen LogP contribution < -0.4 is 0 Å². The average molecular weight is 814 g/mol. The van der Waals surface area contributed by atoms with Crippen LogP contribution in [-0.4, -0.2) is 15.0 Å². The van der Waals surface area contributed by atoms with Gasteiger partial charge in [-0.2, -0.15) is 0 Å². The SMILES string of the molecule is c1ccc(-c2nc(-c3ccccc3-c3ccccc3)nc(-c3ccc(-c4ccc(-c5ccc(-c6c7ccccc7cc7c6ccc6ccccc67)cc5)cc4)c4ccccc34)n2)cc1. The highest BCUT2D eigenvalue weighted by molar-refractivity contribution is 6.20. The number of aromatic nitrogens is 3. The van der Waals surface area contributed by atoms with Gasteiger partial charge in [0.2, 0.25) is 0 Å². The Morgan fingerprint density at radius 2 is 0.672 bits per heavy atom. The molecule has 0 aliphatic heterocycles. The van der Waals surface area contributed by atoms with Crippen molar-refractivity contribution in [3.05, 3.63) is 237 Å². The van der Waals surface area contributed by atoms with Crippen molar-refractivity contribution in [3.63, 3.8) is 0 Å².